The first kappa shape index (κ1) is 14.9. The zero-order valence-corrected chi connectivity index (χ0v) is 12.7. The van der Waals surface area contributed by atoms with Crippen LogP contribution in [0.15, 0.2) is 24.3 Å². The number of hydrogen-bond acceptors (Lipinski definition) is 3. The van der Waals surface area contributed by atoms with E-state index in [1.54, 1.807) is 0 Å². The van der Waals surface area contributed by atoms with Crippen molar-refractivity contribution in [1.29, 1.82) is 0 Å². The molecule has 1 aromatic carbocycles. The lowest BCUT2D eigenvalue weighted by atomic mass is 10.1. The lowest BCUT2D eigenvalue weighted by molar-refractivity contribution is 0.0754. The molecule has 1 saturated heterocycles. The highest BCUT2D eigenvalue weighted by Crippen LogP contribution is 2.18. The molecular formula is C16H25N3O. The van der Waals surface area contributed by atoms with E-state index in [1.807, 2.05) is 43.3 Å². The highest BCUT2D eigenvalue weighted by atomic mass is 16.2. The van der Waals surface area contributed by atoms with Crippen LogP contribution >= 0.6 is 0 Å². The lowest BCUT2D eigenvalue weighted by Gasteiger charge is -2.27. The molecule has 0 aromatic heterocycles. The van der Waals surface area contributed by atoms with Gasteiger partial charge in [0.15, 0.2) is 0 Å². The van der Waals surface area contributed by atoms with Gasteiger partial charge in [0, 0.05) is 37.9 Å². The number of anilines is 1. The van der Waals surface area contributed by atoms with Crippen molar-refractivity contribution < 1.29 is 4.79 Å². The second kappa shape index (κ2) is 6.75. The maximum atomic E-state index is 12.4. The molecule has 4 nitrogen and oxygen atoms in total. The maximum absolute atomic E-state index is 12.4. The van der Waals surface area contributed by atoms with E-state index in [1.165, 1.54) is 19.4 Å². The normalized spacial score (nSPS) is 19.1. The number of likely N-dealkylation sites (tertiary alicyclic amines) is 1. The Kier molecular flexibility index (Phi) is 5.01. The van der Waals surface area contributed by atoms with Crippen LogP contribution in [0.4, 0.5) is 5.69 Å². The third-order valence-electron chi connectivity index (χ3n) is 4.16. The standard InChI is InChI=1S/C16H25N3O/c1-4-19-11-5-6-15(19)12-18(3)16(20)13-7-9-14(17-2)10-8-13/h7-10,15,17H,4-6,11-12H2,1-3H3. The van der Waals surface area contributed by atoms with E-state index in [2.05, 4.69) is 17.1 Å². The Morgan fingerprint density at radius 1 is 1.40 bits per heavy atom. The molecule has 1 amide bonds. The molecule has 1 aromatic rings. The number of hydrogen-bond donors (Lipinski definition) is 1. The van der Waals surface area contributed by atoms with Crippen LogP contribution in [0.5, 0.6) is 0 Å². The molecule has 1 unspecified atom stereocenters. The van der Waals surface area contributed by atoms with E-state index in [4.69, 9.17) is 0 Å². The smallest absolute Gasteiger partial charge is 0.253 e. The fourth-order valence-corrected chi connectivity index (χ4v) is 2.92. The van der Waals surface area contributed by atoms with Crippen LogP contribution in [0.3, 0.4) is 0 Å². The third kappa shape index (κ3) is 3.31. The Hall–Kier alpha value is -1.55. The Morgan fingerprint density at radius 2 is 2.10 bits per heavy atom. The molecule has 0 saturated carbocycles. The molecule has 4 heteroatoms. The molecule has 1 N–H and O–H groups in total. The van der Waals surface area contributed by atoms with Gasteiger partial charge in [-0.15, -0.1) is 0 Å². The topological polar surface area (TPSA) is 35.6 Å². The summed E-state index contributed by atoms with van der Waals surface area (Å²) in [7, 11) is 3.78. The van der Waals surface area contributed by atoms with Crippen molar-refractivity contribution in [3.05, 3.63) is 29.8 Å². The van der Waals surface area contributed by atoms with Crippen molar-refractivity contribution >= 4 is 11.6 Å². The SMILES string of the molecule is CCN1CCCC1CN(C)C(=O)c1ccc(NC)cc1. The van der Waals surface area contributed by atoms with Gasteiger partial charge < -0.3 is 10.2 Å². The average molecular weight is 275 g/mol. The quantitative estimate of drug-likeness (QED) is 0.895. The van der Waals surface area contributed by atoms with Gasteiger partial charge in [-0.05, 0) is 50.2 Å². The predicted octanol–water partition coefficient (Wildman–Crippen LogP) is 2.28. The molecule has 2 rings (SSSR count). The van der Waals surface area contributed by atoms with Crippen LogP contribution in [-0.4, -0.2) is 55.5 Å². The molecule has 1 aliphatic heterocycles. The molecule has 0 spiro atoms. The van der Waals surface area contributed by atoms with E-state index in [0.717, 1.165) is 24.3 Å². The predicted molar refractivity (Wildman–Crippen MR) is 83.2 cm³/mol. The first-order valence-electron chi connectivity index (χ1n) is 7.43. The second-order valence-electron chi connectivity index (χ2n) is 5.44. The number of carbonyl (C=O) groups excluding carboxylic acids is 1. The van der Waals surface area contributed by atoms with E-state index >= 15 is 0 Å². The summed E-state index contributed by atoms with van der Waals surface area (Å²) in [5.74, 6) is 0.107. The van der Waals surface area contributed by atoms with Crippen molar-refractivity contribution in [2.24, 2.45) is 0 Å². The van der Waals surface area contributed by atoms with E-state index < -0.39 is 0 Å². The summed E-state index contributed by atoms with van der Waals surface area (Å²) < 4.78 is 0. The van der Waals surface area contributed by atoms with Crippen LogP contribution in [0.25, 0.3) is 0 Å². The lowest BCUT2D eigenvalue weighted by Crippen LogP contribution is -2.41. The third-order valence-corrected chi connectivity index (χ3v) is 4.16. The molecule has 1 heterocycles. The van der Waals surface area contributed by atoms with Gasteiger partial charge in [0.25, 0.3) is 5.91 Å². The van der Waals surface area contributed by atoms with Crippen molar-refractivity contribution in [2.75, 3.05) is 39.0 Å². The first-order valence-corrected chi connectivity index (χ1v) is 7.43. The molecule has 1 aliphatic rings. The number of carbonyl (C=O) groups is 1. The summed E-state index contributed by atoms with van der Waals surface area (Å²) in [6.07, 6.45) is 2.45. The van der Waals surface area contributed by atoms with Gasteiger partial charge in [-0.1, -0.05) is 6.92 Å². The van der Waals surface area contributed by atoms with Gasteiger partial charge >= 0.3 is 0 Å². The van der Waals surface area contributed by atoms with Crippen molar-refractivity contribution in [1.82, 2.24) is 9.80 Å². The zero-order valence-electron chi connectivity index (χ0n) is 12.7. The minimum absolute atomic E-state index is 0.107. The van der Waals surface area contributed by atoms with Gasteiger partial charge in [0.1, 0.15) is 0 Å². The van der Waals surface area contributed by atoms with Gasteiger partial charge in [0.2, 0.25) is 0 Å². The second-order valence-corrected chi connectivity index (χ2v) is 5.44. The van der Waals surface area contributed by atoms with Crippen LogP contribution in [0.2, 0.25) is 0 Å². The number of benzene rings is 1. The van der Waals surface area contributed by atoms with E-state index in [0.29, 0.717) is 6.04 Å². The summed E-state index contributed by atoms with van der Waals surface area (Å²) in [4.78, 5) is 16.7. The van der Waals surface area contributed by atoms with Crippen LogP contribution < -0.4 is 5.32 Å². The summed E-state index contributed by atoms with van der Waals surface area (Å²) in [6.45, 7) is 5.25. The number of likely N-dealkylation sites (N-methyl/N-ethyl adjacent to an activating group) is 2. The van der Waals surface area contributed by atoms with Crippen molar-refractivity contribution in [3.63, 3.8) is 0 Å². The average Bonchev–Trinajstić information content (AvgIpc) is 2.93. The zero-order chi connectivity index (χ0) is 14.5. The van der Waals surface area contributed by atoms with Crippen molar-refractivity contribution in [3.8, 4) is 0 Å². The van der Waals surface area contributed by atoms with Gasteiger partial charge in [-0.25, -0.2) is 0 Å². The first-order chi connectivity index (χ1) is 9.65. The summed E-state index contributed by atoms with van der Waals surface area (Å²) >= 11 is 0. The molecule has 0 bridgehead atoms. The highest BCUT2D eigenvalue weighted by Gasteiger charge is 2.25. The largest absolute Gasteiger partial charge is 0.388 e. The number of amides is 1. The summed E-state index contributed by atoms with van der Waals surface area (Å²) in [6, 6.07) is 8.17. The molecule has 0 radical (unpaired) electrons. The fourth-order valence-electron chi connectivity index (χ4n) is 2.92. The molecule has 1 fully saturated rings. The Morgan fingerprint density at radius 3 is 2.70 bits per heavy atom. The number of rotatable bonds is 5. The van der Waals surface area contributed by atoms with Crippen LogP contribution in [0.1, 0.15) is 30.1 Å². The maximum Gasteiger partial charge on any atom is 0.253 e. The monoisotopic (exact) mass is 275 g/mol. The molecule has 110 valence electrons. The Bertz CT molecular complexity index is 444. The van der Waals surface area contributed by atoms with E-state index in [-0.39, 0.29) is 5.91 Å². The minimum Gasteiger partial charge on any atom is -0.388 e. The van der Waals surface area contributed by atoms with E-state index in [9.17, 15) is 4.79 Å². The Balaban J connectivity index is 1.97. The summed E-state index contributed by atoms with van der Waals surface area (Å²) in [5, 5.41) is 3.06. The van der Waals surface area contributed by atoms with Crippen molar-refractivity contribution in [2.45, 2.75) is 25.8 Å². The number of nitrogens with zero attached hydrogens (tertiary/aromatic N) is 2. The van der Waals surface area contributed by atoms with Gasteiger partial charge in [-0.3, -0.25) is 9.69 Å². The van der Waals surface area contributed by atoms with Gasteiger partial charge in [0.05, 0.1) is 0 Å². The minimum atomic E-state index is 0.107. The molecular weight excluding hydrogens is 250 g/mol. The Labute approximate surface area is 121 Å². The fraction of sp³-hybridized carbons (Fsp3) is 0.562. The van der Waals surface area contributed by atoms with Crippen LogP contribution in [0, 0.1) is 0 Å². The summed E-state index contributed by atoms with van der Waals surface area (Å²) in [5.41, 5.74) is 1.78. The number of nitrogens with one attached hydrogen (secondary N) is 1. The van der Waals surface area contributed by atoms with Gasteiger partial charge in [-0.2, -0.15) is 0 Å². The highest BCUT2D eigenvalue weighted by molar-refractivity contribution is 5.94. The molecule has 0 aliphatic carbocycles. The molecule has 20 heavy (non-hydrogen) atoms. The molecule has 1 atom stereocenters. The van der Waals surface area contributed by atoms with Crippen LogP contribution in [-0.2, 0) is 0 Å².